The van der Waals surface area contributed by atoms with E-state index in [1.165, 1.54) is 24.0 Å². The molecule has 1 atom stereocenters. The Hall–Kier alpha value is -1.87. The van der Waals surface area contributed by atoms with Gasteiger partial charge in [0.2, 0.25) is 5.88 Å². The second-order valence-corrected chi connectivity index (χ2v) is 5.31. The van der Waals surface area contributed by atoms with Crippen LogP contribution in [-0.2, 0) is 12.8 Å². The number of hydrogen-bond donors (Lipinski definition) is 1. The second-order valence-electron chi connectivity index (χ2n) is 5.31. The molecule has 0 unspecified atom stereocenters. The molecule has 1 aromatic heterocycles. The third kappa shape index (κ3) is 2.68. The molecule has 3 nitrogen and oxygen atoms in total. The maximum atomic E-state index is 9.75. The molecule has 0 bridgehead atoms. The minimum absolute atomic E-state index is 0.484. The Balaban J connectivity index is 1.88. The quantitative estimate of drug-likeness (QED) is 0.921. The summed E-state index contributed by atoms with van der Waals surface area (Å²) in [6.45, 7) is 1.72. The predicted octanol–water partition coefficient (Wildman–Crippen LogP) is 3.81. The van der Waals surface area contributed by atoms with Crippen LogP contribution in [0.1, 0.15) is 42.6 Å². The number of nitrogens with zero attached hydrogens (tertiary/aromatic N) is 1. The molecule has 0 saturated carbocycles. The van der Waals surface area contributed by atoms with Gasteiger partial charge in [-0.1, -0.05) is 6.07 Å². The van der Waals surface area contributed by atoms with Gasteiger partial charge < -0.3 is 9.84 Å². The van der Waals surface area contributed by atoms with Gasteiger partial charge in [-0.05, 0) is 68.0 Å². The molecule has 3 rings (SSSR count). The minimum Gasteiger partial charge on any atom is -0.439 e. The summed E-state index contributed by atoms with van der Waals surface area (Å²) in [4.78, 5) is 4.23. The predicted molar refractivity (Wildman–Crippen MR) is 78.0 cm³/mol. The molecule has 104 valence electrons. The number of fused-ring (bicyclic) bond motifs is 1. The van der Waals surface area contributed by atoms with Crippen LogP contribution < -0.4 is 4.74 Å². The molecule has 2 aromatic rings. The first-order valence-electron chi connectivity index (χ1n) is 7.16. The molecule has 0 spiro atoms. The van der Waals surface area contributed by atoms with Crippen LogP contribution in [0.3, 0.4) is 0 Å². The van der Waals surface area contributed by atoms with E-state index >= 15 is 0 Å². The summed E-state index contributed by atoms with van der Waals surface area (Å²) in [6.07, 6.45) is 5.91. The van der Waals surface area contributed by atoms with Crippen molar-refractivity contribution in [1.29, 1.82) is 0 Å². The molecule has 3 heteroatoms. The highest BCUT2D eigenvalue weighted by Gasteiger charge is 2.13. The molecule has 1 heterocycles. The molecule has 1 aromatic carbocycles. The molecule has 0 saturated heterocycles. The average Bonchev–Trinajstić information content (AvgIpc) is 2.47. The highest BCUT2D eigenvalue weighted by Crippen LogP contribution is 2.30. The average molecular weight is 269 g/mol. The van der Waals surface area contributed by atoms with Gasteiger partial charge in [-0.15, -0.1) is 0 Å². The second kappa shape index (κ2) is 5.63. The van der Waals surface area contributed by atoms with Crippen LogP contribution >= 0.6 is 0 Å². The number of rotatable bonds is 3. The van der Waals surface area contributed by atoms with Gasteiger partial charge in [0.1, 0.15) is 5.75 Å². The number of aromatic nitrogens is 1. The van der Waals surface area contributed by atoms with E-state index in [4.69, 9.17) is 4.74 Å². The molecule has 20 heavy (non-hydrogen) atoms. The SMILES string of the molecule is C[C@@H](O)c1cccnc1Oc1ccc2c(c1)CCCC2. The monoisotopic (exact) mass is 269 g/mol. The van der Waals surface area contributed by atoms with E-state index in [1.54, 1.807) is 13.1 Å². The summed E-state index contributed by atoms with van der Waals surface area (Å²) in [6, 6.07) is 9.89. The molecular weight excluding hydrogens is 250 g/mol. The number of aliphatic hydroxyl groups is 1. The summed E-state index contributed by atoms with van der Waals surface area (Å²) in [5.41, 5.74) is 3.52. The van der Waals surface area contributed by atoms with E-state index < -0.39 is 6.10 Å². The summed E-state index contributed by atoms with van der Waals surface area (Å²) < 4.78 is 5.87. The highest BCUT2D eigenvalue weighted by molar-refractivity contribution is 5.40. The number of aryl methyl sites for hydroxylation is 2. The Morgan fingerprint density at radius 3 is 2.75 bits per heavy atom. The van der Waals surface area contributed by atoms with E-state index in [-0.39, 0.29) is 0 Å². The van der Waals surface area contributed by atoms with Crippen molar-refractivity contribution in [3.63, 3.8) is 0 Å². The zero-order valence-corrected chi connectivity index (χ0v) is 11.7. The molecular formula is C17H19NO2. The number of ether oxygens (including phenoxy) is 1. The van der Waals surface area contributed by atoms with Gasteiger partial charge in [0, 0.05) is 11.8 Å². The van der Waals surface area contributed by atoms with Crippen LogP contribution in [0.15, 0.2) is 36.5 Å². The van der Waals surface area contributed by atoms with Crippen molar-refractivity contribution < 1.29 is 9.84 Å². The van der Waals surface area contributed by atoms with Crippen molar-refractivity contribution in [3.05, 3.63) is 53.2 Å². The lowest BCUT2D eigenvalue weighted by Gasteiger charge is -2.17. The lowest BCUT2D eigenvalue weighted by molar-refractivity contribution is 0.194. The molecule has 0 aliphatic heterocycles. The van der Waals surface area contributed by atoms with Gasteiger partial charge in [-0.3, -0.25) is 0 Å². The van der Waals surface area contributed by atoms with Crippen LogP contribution in [0.2, 0.25) is 0 Å². The van der Waals surface area contributed by atoms with Crippen LogP contribution in [0.5, 0.6) is 11.6 Å². The van der Waals surface area contributed by atoms with Crippen molar-refractivity contribution in [2.45, 2.75) is 38.7 Å². The molecule has 0 fully saturated rings. The third-order valence-electron chi connectivity index (χ3n) is 3.79. The molecule has 0 amide bonds. The number of benzene rings is 1. The van der Waals surface area contributed by atoms with E-state index in [9.17, 15) is 5.11 Å². The molecule has 1 N–H and O–H groups in total. The van der Waals surface area contributed by atoms with Gasteiger partial charge in [0.05, 0.1) is 6.10 Å². The van der Waals surface area contributed by atoms with Gasteiger partial charge in [0.25, 0.3) is 0 Å². The summed E-state index contributed by atoms with van der Waals surface area (Å²) in [7, 11) is 0. The molecule has 1 aliphatic rings. The normalized spacial score (nSPS) is 15.5. The maximum Gasteiger partial charge on any atom is 0.225 e. The van der Waals surface area contributed by atoms with Crippen molar-refractivity contribution in [2.24, 2.45) is 0 Å². The lowest BCUT2D eigenvalue weighted by Crippen LogP contribution is -2.03. The fourth-order valence-corrected chi connectivity index (χ4v) is 2.69. The standard InChI is InChI=1S/C17H19NO2/c1-12(19)16-7-4-10-18-17(16)20-15-9-8-13-5-2-3-6-14(13)11-15/h4,7-12,19H,2-3,5-6H2,1H3/t12-/m1/s1. The Kier molecular flexibility index (Phi) is 3.70. The Morgan fingerprint density at radius 1 is 1.15 bits per heavy atom. The maximum absolute atomic E-state index is 9.75. The number of hydrogen-bond acceptors (Lipinski definition) is 3. The Labute approximate surface area is 119 Å². The van der Waals surface area contributed by atoms with Crippen molar-refractivity contribution in [3.8, 4) is 11.6 Å². The first-order valence-corrected chi connectivity index (χ1v) is 7.16. The van der Waals surface area contributed by atoms with Crippen LogP contribution in [-0.4, -0.2) is 10.1 Å². The zero-order chi connectivity index (χ0) is 13.9. The Bertz CT molecular complexity index is 608. The highest BCUT2D eigenvalue weighted by atomic mass is 16.5. The van der Waals surface area contributed by atoms with Gasteiger partial charge in [-0.25, -0.2) is 4.98 Å². The first kappa shape index (κ1) is 13.1. The first-order chi connectivity index (χ1) is 9.74. The summed E-state index contributed by atoms with van der Waals surface area (Å²) >= 11 is 0. The van der Waals surface area contributed by atoms with Crippen LogP contribution in [0.4, 0.5) is 0 Å². The topological polar surface area (TPSA) is 42.4 Å². The molecule has 0 radical (unpaired) electrons. The lowest BCUT2D eigenvalue weighted by atomic mass is 9.92. The zero-order valence-electron chi connectivity index (χ0n) is 11.7. The number of aliphatic hydroxyl groups excluding tert-OH is 1. The minimum atomic E-state index is -0.587. The van der Waals surface area contributed by atoms with E-state index in [2.05, 4.69) is 17.1 Å². The van der Waals surface area contributed by atoms with E-state index in [1.807, 2.05) is 18.2 Å². The van der Waals surface area contributed by atoms with Gasteiger partial charge in [-0.2, -0.15) is 0 Å². The van der Waals surface area contributed by atoms with Crippen LogP contribution in [0, 0.1) is 0 Å². The Morgan fingerprint density at radius 2 is 1.95 bits per heavy atom. The van der Waals surface area contributed by atoms with Gasteiger partial charge in [0.15, 0.2) is 0 Å². The van der Waals surface area contributed by atoms with Gasteiger partial charge >= 0.3 is 0 Å². The molecule has 1 aliphatic carbocycles. The number of pyridine rings is 1. The fraction of sp³-hybridized carbons (Fsp3) is 0.353. The van der Waals surface area contributed by atoms with Crippen molar-refractivity contribution in [2.75, 3.05) is 0 Å². The van der Waals surface area contributed by atoms with Crippen LogP contribution in [0.25, 0.3) is 0 Å². The smallest absolute Gasteiger partial charge is 0.225 e. The third-order valence-corrected chi connectivity index (χ3v) is 3.79. The van der Waals surface area contributed by atoms with Crippen molar-refractivity contribution in [1.82, 2.24) is 4.98 Å². The largest absolute Gasteiger partial charge is 0.439 e. The van der Waals surface area contributed by atoms with E-state index in [0.717, 1.165) is 18.6 Å². The summed E-state index contributed by atoms with van der Waals surface area (Å²) in [5.74, 6) is 1.28. The van der Waals surface area contributed by atoms with Crippen molar-refractivity contribution >= 4 is 0 Å². The summed E-state index contributed by atoms with van der Waals surface area (Å²) in [5, 5.41) is 9.75. The fourth-order valence-electron chi connectivity index (χ4n) is 2.69. The van der Waals surface area contributed by atoms with E-state index in [0.29, 0.717) is 11.4 Å².